The fourth-order valence-electron chi connectivity index (χ4n) is 4.77. The van der Waals surface area contributed by atoms with Crippen LogP contribution in [0.15, 0.2) is 30.3 Å². The van der Waals surface area contributed by atoms with Crippen molar-refractivity contribution in [2.45, 2.75) is 50.5 Å². The van der Waals surface area contributed by atoms with Gasteiger partial charge in [0, 0.05) is 35.4 Å². The molecule has 1 fully saturated rings. The van der Waals surface area contributed by atoms with Gasteiger partial charge in [0.25, 0.3) is 5.91 Å². The van der Waals surface area contributed by atoms with E-state index in [1.165, 1.54) is 16.2 Å². The van der Waals surface area contributed by atoms with Crippen LogP contribution in [0.1, 0.15) is 33.8 Å². The summed E-state index contributed by atoms with van der Waals surface area (Å²) < 4.78 is 46.7. The van der Waals surface area contributed by atoms with Crippen LogP contribution >= 0.6 is 11.3 Å². The molecule has 1 amide bonds. The summed E-state index contributed by atoms with van der Waals surface area (Å²) in [7, 11) is 0. The summed E-state index contributed by atoms with van der Waals surface area (Å²) in [6.07, 6.45) is -3.54. The van der Waals surface area contributed by atoms with Crippen molar-refractivity contribution in [1.29, 1.82) is 0 Å². The number of hydrogen-bond acceptors (Lipinski definition) is 7. The number of aromatic nitrogens is 1. The zero-order valence-corrected chi connectivity index (χ0v) is 19.9. The highest BCUT2D eigenvalue weighted by molar-refractivity contribution is 7.21. The second-order valence-electron chi connectivity index (χ2n) is 9.17. The van der Waals surface area contributed by atoms with E-state index in [0.29, 0.717) is 39.7 Å². The summed E-state index contributed by atoms with van der Waals surface area (Å²) >= 11 is 1.24. The van der Waals surface area contributed by atoms with Crippen molar-refractivity contribution in [3.05, 3.63) is 46.5 Å². The quantitative estimate of drug-likeness (QED) is 0.500. The van der Waals surface area contributed by atoms with Gasteiger partial charge >= 0.3 is 6.18 Å². The highest BCUT2D eigenvalue weighted by Gasteiger charge is 2.46. The minimum absolute atomic E-state index is 0.0351. The van der Waals surface area contributed by atoms with Crippen molar-refractivity contribution in [2.75, 3.05) is 23.8 Å². The van der Waals surface area contributed by atoms with E-state index in [4.69, 9.17) is 16.2 Å². The molecule has 5 rings (SSSR count). The number of rotatable bonds is 3. The van der Waals surface area contributed by atoms with Crippen LogP contribution in [0.5, 0.6) is 5.75 Å². The van der Waals surface area contributed by atoms with E-state index >= 15 is 0 Å². The van der Waals surface area contributed by atoms with E-state index < -0.39 is 12.2 Å². The maximum Gasteiger partial charge on any atom is 0.408 e. The molecule has 11 heteroatoms. The third-order valence-electron chi connectivity index (χ3n) is 6.56. The number of pyridine rings is 1. The number of carbonyl (C=O) groups is 1. The van der Waals surface area contributed by atoms with Gasteiger partial charge in [0.15, 0.2) is 0 Å². The fraction of sp³-hybridized carbons (Fsp3) is 0.417. The smallest absolute Gasteiger partial charge is 0.408 e. The van der Waals surface area contributed by atoms with Crippen LogP contribution in [-0.2, 0) is 6.42 Å². The zero-order chi connectivity index (χ0) is 24.9. The molecular formula is C24H26F3N5O2S. The molecule has 1 aromatic carbocycles. The number of alkyl halides is 3. The standard InChI is InChI=1S/C24H26F3N5O2S/c1-12-2-6-17-20(29)21(35-23(17)30-12)22(33)31-15-8-13-3-5-16(9-18(13)34-11-15)32-10-14(28)4-7-19(32)24(25,26)27/h2-3,5-6,9,14-15,19H,4,7-8,10-11,28-29H2,1H3,(H,31,33)/t14-,15+,19-/m0/s1. The zero-order valence-electron chi connectivity index (χ0n) is 19.1. The topological polar surface area (TPSA) is 106 Å². The first-order valence-electron chi connectivity index (χ1n) is 11.4. The number of piperidine rings is 1. The third kappa shape index (κ3) is 4.62. The van der Waals surface area contributed by atoms with Crippen LogP contribution in [0.2, 0.25) is 0 Å². The van der Waals surface area contributed by atoms with Gasteiger partial charge in [-0.3, -0.25) is 4.79 Å². The number of nitrogen functional groups attached to an aromatic ring is 1. The number of thiophene rings is 1. The number of nitrogens with two attached hydrogens (primary N) is 2. The fourth-order valence-corrected chi connectivity index (χ4v) is 5.81. The molecule has 3 aromatic rings. The number of carbonyl (C=O) groups excluding carboxylic acids is 1. The molecule has 2 aliphatic heterocycles. The van der Waals surface area contributed by atoms with Gasteiger partial charge in [-0.15, -0.1) is 11.3 Å². The van der Waals surface area contributed by atoms with E-state index in [9.17, 15) is 18.0 Å². The predicted molar refractivity (Wildman–Crippen MR) is 130 cm³/mol. The Morgan fingerprint density at radius 2 is 2.06 bits per heavy atom. The highest BCUT2D eigenvalue weighted by atomic mass is 32.1. The normalized spacial score (nSPS) is 22.5. The molecule has 0 radical (unpaired) electrons. The Balaban J connectivity index is 1.31. The van der Waals surface area contributed by atoms with Gasteiger partial charge in [0.1, 0.15) is 28.1 Å². The van der Waals surface area contributed by atoms with Gasteiger partial charge in [-0.05, 0) is 49.9 Å². The molecule has 4 heterocycles. The number of fused-ring (bicyclic) bond motifs is 2. The van der Waals surface area contributed by atoms with Gasteiger partial charge in [-0.1, -0.05) is 6.07 Å². The van der Waals surface area contributed by atoms with Crippen molar-refractivity contribution in [3.8, 4) is 5.75 Å². The van der Waals surface area contributed by atoms with Crippen molar-refractivity contribution in [2.24, 2.45) is 5.73 Å². The number of anilines is 2. The summed E-state index contributed by atoms with van der Waals surface area (Å²) in [5.74, 6) is 0.223. The van der Waals surface area contributed by atoms with Crippen LogP contribution in [0, 0.1) is 6.92 Å². The molecule has 186 valence electrons. The summed E-state index contributed by atoms with van der Waals surface area (Å²) in [6.45, 7) is 2.21. The first-order valence-corrected chi connectivity index (χ1v) is 12.2. The molecule has 0 saturated carbocycles. The number of ether oxygens (including phenoxy) is 1. The number of benzene rings is 1. The summed E-state index contributed by atoms with van der Waals surface area (Å²) in [5.41, 5.74) is 14.7. The molecule has 0 unspecified atom stereocenters. The van der Waals surface area contributed by atoms with Crippen LogP contribution in [0.4, 0.5) is 24.5 Å². The van der Waals surface area contributed by atoms with Crippen LogP contribution in [0.3, 0.4) is 0 Å². The molecule has 2 aromatic heterocycles. The van der Waals surface area contributed by atoms with Gasteiger partial charge in [0.2, 0.25) is 0 Å². The molecular weight excluding hydrogens is 479 g/mol. The van der Waals surface area contributed by atoms with Gasteiger partial charge in [-0.2, -0.15) is 13.2 Å². The average molecular weight is 506 g/mol. The van der Waals surface area contributed by atoms with E-state index in [1.54, 1.807) is 18.2 Å². The maximum atomic E-state index is 13.6. The van der Waals surface area contributed by atoms with Crippen LogP contribution in [0.25, 0.3) is 10.2 Å². The maximum absolute atomic E-state index is 13.6. The number of aryl methyl sites for hydroxylation is 1. The van der Waals surface area contributed by atoms with Crippen molar-refractivity contribution >= 4 is 38.8 Å². The van der Waals surface area contributed by atoms with Crippen LogP contribution < -0.4 is 26.4 Å². The highest BCUT2D eigenvalue weighted by Crippen LogP contribution is 2.38. The van der Waals surface area contributed by atoms with E-state index in [0.717, 1.165) is 16.6 Å². The lowest BCUT2D eigenvalue weighted by atomic mass is 9.96. The monoisotopic (exact) mass is 505 g/mol. The second-order valence-corrected chi connectivity index (χ2v) is 10.2. The Kier molecular flexibility index (Phi) is 6.00. The van der Waals surface area contributed by atoms with Gasteiger partial charge in [-0.25, -0.2) is 4.98 Å². The Morgan fingerprint density at radius 3 is 2.83 bits per heavy atom. The number of halogens is 3. The van der Waals surface area contributed by atoms with Crippen molar-refractivity contribution in [1.82, 2.24) is 10.3 Å². The molecule has 5 N–H and O–H groups in total. The number of nitrogens with zero attached hydrogens (tertiary/aromatic N) is 2. The second kappa shape index (κ2) is 8.87. The SMILES string of the molecule is Cc1ccc2c(N)c(C(=O)N[C@H]3COc4cc(N5C[C@@H](N)CC[C@H]5C(F)(F)F)ccc4C3)sc2n1. The minimum atomic E-state index is -4.34. The number of amides is 1. The minimum Gasteiger partial charge on any atom is -0.491 e. The molecule has 0 bridgehead atoms. The summed E-state index contributed by atoms with van der Waals surface area (Å²) in [4.78, 5) is 19.8. The summed E-state index contributed by atoms with van der Waals surface area (Å²) in [5, 5.41) is 3.71. The van der Waals surface area contributed by atoms with Crippen LogP contribution in [-0.4, -0.2) is 48.3 Å². The molecule has 3 atom stereocenters. The Hall–Kier alpha value is -3.05. The lowest BCUT2D eigenvalue weighted by Crippen LogP contribution is -2.54. The first-order chi connectivity index (χ1) is 16.6. The largest absolute Gasteiger partial charge is 0.491 e. The molecule has 0 spiro atoms. The molecule has 2 aliphatic rings. The Labute approximate surface area is 204 Å². The lowest BCUT2D eigenvalue weighted by Gasteiger charge is -2.41. The van der Waals surface area contributed by atoms with Crippen molar-refractivity contribution < 1.29 is 22.7 Å². The van der Waals surface area contributed by atoms with E-state index in [2.05, 4.69) is 10.3 Å². The molecule has 35 heavy (non-hydrogen) atoms. The average Bonchev–Trinajstić information content (AvgIpc) is 3.13. The molecule has 7 nitrogen and oxygen atoms in total. The number of hydrogen-bond donors (Lipinski definition) is 3. The van der Waals surface area contributed by atoms with Gasteiger partial charge < -0.3 is 26.4 Å². The lowest BCUT2D eigenvalue weighted by molar-refractivity contribution is -0.153. The van der Waals surface area contributed by atoms with E-state index in [-0.39, 0.29) is 37.6 Å². The third-order valence-corrected chi connectivity index (χ3v) is 7.67. The molecule has 1 saturated heterocycles. The Morgan fingerprint density at radius 1 is 1.26 bits per heavy atom. The first kappa shape index (κ1) is 23.7. The van der Waals surface area contributed by atoms with Crippen molar-refractivity contribution in [3.63, 3.8) is 0 Å². The van der Waals surface area contributed by atoms with Gasteiger partial charge in [0.05, 0.1) is 11.7 Å². The molecule has 0 aliphatic carbocycles. The Bertz CT molecular complexity index is 1280. The summed E-state index contributed by atoms with van der Waals surface area (Å²) in [6, 6.07) is 6.59. The number of nitrogens with one attached hydrogen (secondary N) is 1. The van der Waals surface area contributed by atoms with E-state index in [1.807, 2.05) is 19.1 Å². The predicted octanol–water partition coefficient (Wildman–Crippen LogP) is 3.78.